The van der Waals surface area contributed by atoms with Crippen molar-refractivity contribution in [1.82, 2.24) is 15.0 Å². The maximum atomic E-state index is 13.2. The quantitative estimate of drug-likeness (QED) is 0.625. The predicted octanol–water partition coefficient (Wildman–Crippen LogP) is 2.16. The van der Waals surface area contributed by atoms with Crippen LogP contribution in [0.15, 0.2) is 34.9 Å². The van der Waals surface area contributed by atoms with Crippen LogP contribution in [0.3, 0.4) is 0 Å². The normalized spacial score (nSPS) is 19.1. The summed E-state index contributed by atoms with van der Waals surface area (Å²) < 4.78 is 20.9. The summed E-state index contributed by atoms with van der Waals surface area (Å²) >= 11 is 0. The number of likely N-dealkylation sites (tertiary alicyclic amines) is 1. The Labute approximate surface area is 185 Å². The number of carbonyl (C=O) groups is 3. The molecule has 1 aromatic carbocycles. The number of esters is 1. The Balaban J connectivity index is 1.40. The van der Waals surface area contributed by atoms with E-state index in [9.17, 15) is 14.4 Å². The molecule has 2 amide bonds. The molecule has 2 aliphatic heterocycles. The van der Waals surface area contributed by atoms with E-state index in [-0.39, 0.29) is 25.2 Å². The van der Waals surface area contributed by atoms with Gasteiger partial charge in [-0.1, -0.05) is 23.4 Å². The van der Waals surface area contributed by atoms with Crippen LogP contribution >= 0.6 is 0 Å². The number of carbonyl (C=O) groups excluding carboxylic acids is 3. The van der Waals surface area contributed by atoms with E-state index in [0.717, 1.165) is 0 Å². The second kappa shape index (κ2) is 9.29. The van der Waals surface area contributed by atoms with Gasteiger partial charge >= 0.3 is 12.1 Å². The summed E-state index contributed by atoms with van der Waals surface area (Å²) in [4.78, 5) is 40.5. The van der Waals surface area contributed by atoms with Gasteiger partial charge in [0.1, 0.15) is 24.5 Å². The van der Waals surface area contributed by atoms with Gasteiger partial charge in [0, 0.05) is 19.1 Å². The van der Waals surface area contributed by atoms with E-state index < -0.39 is 18.1 Å². The Hall–Kier alpha value is -3.56. The number of para-hydroxylation sites is 1. The molecular weight excluding hydrogens is 418 g/mol. The summed E-state index contributed by atoms with van der Waals surface area (Å²) in [6, 6.07) is 8.29. The molecule has 4 rings (SSSR count). The minimum absolute atomic E-state index is 0.0185. The van der Waals surface area contributed by atoms with Crippen LogP contribution in [0.25, 0.3) is 0 Å². The molecule has 0 bridgehead atoms. The largest absolute Gasteiger partial charge is 0.486 e. The molecule has 1 atom stereocenters. The van der Waals surface area contributed by atoms with Gasteiger partial charge in [0.15, 0.2) is 11.8 Å². The van der Waals surface area contributed by atoms with Crippen molar-refractivity contribution in [2.24, 2.45) is 0 Å². The first kappa shape index (κ1) is 21.7. The molecule has 2 aliphatic rings. The molecule has 0 radical (unpaired) electrons. The summed E-state index contributed by atoms with van der Waals surface area (Å²) in [7, 11) is 1.28. The van der Waals surface area contributed by atoms with Crippen molar-refractivity contribution < 1.29 is 33.1 Å². The molecule has 0 spiro atoms. The predicted molar refractivity (Wildman–Crippen MR) is 110 cm³/mol. The maximum absolute atomic E-state index is 13.2. The van der Waals surface area contributed by atoms with Crippen molar-refractivity contribution in [1.29, 1.82) is 0 Å². The van der Waals surface area contributed by atoms with E-state index in [1.54, 1.807) is 11.8 Å². The molecule has 170 valence electrons. The van der Waals surface area contributed by atoms with E-state index in [0.29, 0.717) is 48.7 Å². The Kier molecular flexibility index (Phi) is 6.29. The second-order valence-electron chi connectivity index (χ2n) is 7.71. The summed E-state index contributed by atoms with van der Waals surface area (Å²) in [5.74, 6) is 0.339. The zero-order chi connectivity index (χ0) is 22.7. The number of amides is 2. The highest BCUT2D eigenvalue weighted by Crippen LogP contribution is 2.27. The van der Waals surface area contributed by atoms with E-state index >= 15 is 0 Å². The van der Waals surface area contributed by atoms with Crippen LogP contribution < -0.4 is 4.74 Å². The lowest BCUT2D eigenvalue weighted by Gasteiger charge is -2.37. The number of hydrogen-bond donors (Lipinski definition) is 0. The number of piperidine rings is 1. The van der Waals surface area contributed by atoms with Crippen LogP contribution in [0.2, 0.25) is 0 Å². The second-order valence-corrected chi connectivity index (χ2v) is 7.71. The lowest BCUT2D eigenvalue weighted by atomic mass is 10.0. The smallest absolute Gasteiger partial charge is 0.410 e. The molecule has 32 heavy (non-hydrogen) atoms. The standard InChI is InChI=1S/C22H25N3O7/c1-14-19(18(32-23-14)13-30-16-6-4-3-5-7-16)20(26)24-10-8-15(9-11-24)25-17(21(27)29-2)12-31-22(25)28/h3-7,15,17H,8-13H2,1-2H3/t17-/m1/s1. The lowest BCUT2D eigenvalue weighted by molar-refractivity contribution is -0.145. The van der Waals surface area contributed by atoms with Crippen molar-refractivity contribution in [2.45, 2.75) is 38.5 Å². The summed E-state index contributed by atoms with van der Waals surface area (Å²) in [5, 5.41) is 3.95. The number of hydrogen-bond acceptors (Lipinski definition) is 8. The molecule has 0 N–H and O–H groups in total. The number of nitrogens with zero attached hydrogens (tertiary/aromatic N) is 3. The maximum Gasteiger partial charge on any atom is 0.410 e. The molecular formula is C22H25N3O7. The molecule has 3 heterocycles. The molecule has 1 aromatic heterocycles. The average molecular weight is 443 g/mol. The zero-order valence-electron chi connectivity index (χ0n) is 18.0. The van der Waals surface area contributed by atoms with E-state index in [4.69, 9.17) is 18.7 Å². The summed E-state index contributed by atoms with van der Waals surface area (Å²) in [6.07, 6.45) is 0.517. The SMILES string of the molecule is COC(=O)[C@H]1COC(=O)N1C1CCN(C(=O)c2c(C)noc2COc2ccccc2)CC1. The van der Waals surface area contributed by atoms with Gasteiger partial charge in [-0.2, -0.15) is 0 Å². The highest BCUT2D eigenvalue weighted by Gasteiger charge is 2.44. The van der Waals surface area contributed by atoms with Gasteiger partial charge in [-0.25, -0.2) is 9.59 Å². The third kappa shape index (κ3) is 4.25. The van der Waals surface area contributed by atoms with Crippen LogP contribution in [0.1, 0.15) is 34.7 Å². The number of aryl methyl sites for hydroxylation is 1. The van der Waals surface area contributed by atoms with Crippen LogP contribution in [0.5, 0.6) is 5.75 Å². The highest BCUT2D eigenvalue weighted by molar-refractivity contribution is 5.96. The molecule has 2 aromatic rings. The van der Waals surface area contributed by atoms with Crippen molar-refractivity contribution in [2.75, 3.05) is 26.8 Å². The van der Waals surface area contributed by atoms with Gasteiger partial charge < -0.3 is 23.6 Å². The molecule has 10 heteroatoms. The van der Waals surface area contributed by atoms with Gasteiger partial charge in [0.25, 0.3) is 5.91 Å². The Bertz CT molecular complexity index is 983. The molecule has 0 saturated carbocycles. The Morgan fingerprint density at radius 2 is 1.91 bits per heavy atom. The molecule has 0 aliphatic carbocycles. The van der Waals surface area contributed by atoms with Crippen molar-refractivity contribution in [3.8, 4) is 5.75 Å². The first-order valence-corrected chi connectivity index (χ1v) is 10.4. The fraction of sp³-hybridized carbons (Fsp3) is 0.455. The van der Waals surface area contributed by atoms with E-state index in [1.807, 2.05) is 30.3 Å². The topological polar surface area (TPSA) is 111 Å². The number of methoxy groups -OCH3 is 1. The fourth-order valence-corrected chi connectivity index (χ4v) is 4.11. The molecule has 2 fully saturated rings. The molecule has 0 unspecified atom stereocenters. The number of ether oxygens (including phenoxy) is 3. The molecule has 10 nitrogen and oxygen atoms in total. The van der Waals surface area contributed by atoms with Gasteiger partial charge in [0.2, 0.25) is 0 Å². The third-order valence-corrected chi connectivity index (χ3v) is 5.79. The molecule has 2 saturated heterocycles. The first-order valence-electron chi connectivity index (χ1n) is 10.4. The number of aromatic nitrogens is 1. The highest BCUT2D eigenvalue weighted by atomic mass is 16.6. The first-order chi connectivity index (χ1) is 15.5. The fourth-order valence-electron chi connectivity index (χ4n) is 4.11. The van der Waals surface area contributed by atoms with E-state index in [2.05, 4.69) is 5.16 Å². The van der Waals surface area contributed by atoms with Crippen molar-refractivity contribution >= 4 is 18.0 Å². The monoisotopic (exact) mass is 443 g/mol. The minimum atomic E-state index is -0.748. The van der Waals surface area contributed by atoms with Gasteiger partial charge in [0.05, 0.1) is 12.8 Å². The third-order valence-electron chi connectivity index (χ3n) is 5.79. The van der Waals surface area contributed by atoms with Crippen LogP contribution in [0, 0.1) is 6.92 Å². The van der Waals surface area contributed by atoms with Gasteiger partial charge in [-0.15, -0.1) is 0 Å². The Morgan fingerprint density at radius 3 is 2.59 bits per heavy atom. The number of rotatable bonds is 6. The Morgan fingerprint density at radius 1 is 1.19 bits per heavy atom. The van der Waals surface area contributed by atoms with E-state index in [1.165, 1.54) is 12.0 Å². The van der Waals surface area contributed by atoms with Crippen LogP contribution in [-0.4, -0.2) is 71.8 Å². The average Bonchev–Trinajstić information content (AvgIpc) is 3.39. The number of benzene rings is 1. The van der Waals surface area contributed by atoms with Gasteiger partial charge in [-0.05, 0) is 31.9 Å². The lowest BCUT2D eigenvalue weighted by Crippen LogP contribution is -2.52. The van der Waals surface area contributed by atoms with Crippen LogP contribution in [0.4, 0.5) is 4.79 Å². The van der Waals surface area contributed by atoms with Crippen molar-refractivity contribution in [3.63, 3.8) is 0 Å². The summed E-state index contributed by atoms with van der Waals surface area (Å²) in [5.41, 5.74) is 0.894. The van der Waals surface area contributed by atoms with Gasteiger partial charge in [-0.3, -0.25) is 9.69 Å². The summed E-state index contributed by atoms with van der Waals surface area (Å²) in [6.45, 7) is 2.63. The number of cyclic esters (lactones) is 1. The van der Waals surface area contributed by atoms with Crippen molar-refractivity contribution in [3.05, 3.63) is 47.3 Å². The van der Waals surface area contributed by atoms with Crippen LogP contribution in [-0.2, 0) is 20.9 Å². The minimum Gasteiger partial charge on any atom is -0.486 e. The zero-order valence-corrected chi connectivity index (χ0v) is 18.0.